The number of ether oxygens (including phenoxy) is 2. The Morgan fingerprint density at radius 2 is 0.883 bits per heavy atom. The summed E-state index contributed by atoms with van der Waals surface area (Å²) >= 11 is 0. The molecule has 0 aliphatic carbocycles. The quantitative estimate of drug-likeness (QED) is 0.0519. The minimum Gasteiger partial charge on any atom is -0.383 e. The smallest absolute Gasteiger partial charge is 0.253 e. The van der Waals surface area contributed by atoms with Crippen molar-refractivity contribution in [3.8, 4) is 0 Å². The molecule has 2 aliphatic rings. The fraction of sp³-hybridized carbons (Fsp3) is 0.391. The molecule has 0 bridgehead atoms. The highest BCUT2D eigenvalue weighted by Crippen LogP contribution is 2.33. The van der Waals surface area contributed by atoms with Crippen LogP contribution in [0.5, 0.6) is 0 Å². The maximum atomic E-state index is 13.4. The van der Waals surface area contributed by atoms with Crippen molar-refractivity contribution < 1.29 is 19.1 Å². The second-order valence-electron chi connectivity index (χ2n) is 15.2. The van der Waals surface area contributed by atoms with E-state index >= 15 is 0 Å². The molecule has 0 radical (unpaired) electrons. The molecule has 2 amide bonds. The molecule has 6 N–H and O–H groups in total. The number of fused-ring (bicyclic) bond motifs is 4. The van der Waals surface area contributed by atoms with Crippen LogP contribution in [-0.2, 0) is 9.47 Å². The standard InChI is InChI=1S/C46H56N10O4/c57-45(51-21-23-55-25-29-59-30-26-55)37-11-5-9-35-41(33-7-1-3-13-39(33)53-43(35)37)49-19-17-47-15-16-48-18-20-50-42-34-8-2-4-14-40(34)54-44-36(42)10-6-12-38(44)46(58)52-22-24-56-27-31-60-32-28-56/h1-14,47-48H,15-32H2,(H,49,53)(H,50,54)(H,51,57)(H,52,58). The van der Waals surface area contributed by atoms with Crippen LogP contribution in [0.2, 0.25) is 0 Å². The lowest BCUT2D eigenvalue weighted by molar-refractivity contribution is 0.0382. The van der Waals surface area contributed by atoms with Gasteiger partial charge >= 0.3 is 0 Å². The lowest BCUT2D eigenvalue weighted by atomic mass is 10.0. The van der Waals surface area contributed by atoms with Gasteiger partial charge in [-0.2, -0.15) is 0 Å². The summed E-state index contributed by atoms with van der Waals surface area (Å²) < 4.78 is 10.9. The van der Waals surface area contributed by atoms with Crippen LogP contribution in [0.1, 0.15) is 20.7 Å². The van der Waals surface area contributed by atoms with Crippen LogP contribution in [0.15, 0.2) is 84.9 Å². The number of pyridine rings is 2. The molecule has 2 aromatic heterocycles. The molecule has 60 heavy (non-hydrogen) atoms. The summed E-state index contributed by atoms with van der Waals surface area (Å²) in [6, 6.07) is 27.8. The minimum atomic E-state index is -0.112. The van der Waals surface area contributed by atoms with Crippen molar-refractivity contribution in [2.24, 2.45) is 0 Å². The van der Waals surface area contributed by atoms with Crippen LogP contribution >= 0.6 is 0 Å². The molecule has 14 heteroatoms. The molecule has 0 saturated carbocycles. The Bertz CT molecular complexity index is 2230. The second-order valence-corrected chi connectivity index (χ2v) is 15.2. The minimum absolute atomic E-state index is 0.112. The Morgan fingerprint density at radius 3 is 1.33 bits per heavy atom. The third-order valence-electron chi connectivity index (χ3n) is 11.2. The van der Waals surface area contributed by atoms with Crippen LogP contribution in [-0.4, -0.2) is 150 Å². The zero-order valence-electron chi connectivity index (χ0n) is 34.2. The maximum Gasteiger partial charge on any atom is 0.253 e. The van der Waals surface area contributed by atoms with E-state index in [1.165, 1.54) is 0 Å². The number of rotatable bonds is 19. The average Bonchev–Trinajstić information content (AvgIpc) is 3.29. The Hall–Kier alpha value is -5.48. The molecule has 4 heterocycles. The predicted octanol–water partition coefficient (Wildman–Crippen LogP) is 3.92. The topological polar surface area (TPSA) is 157 Å². The molecule has 0 spiro atoms. The first-order chi connectivity index (χ1) is 29.6. The van der Waals surface area contributed by atoms with E-state index in [-0.39, 0.29) is 11.8 Å². The number of para-hydroxylation sites is 4. The first-order valence-electron chi connectivity index (χ1n) is 21.3. The number of amides is 2. The van der Waals surface area contributed by atoms with Crippen LogP contribution in [0.4, 0.5) is 11.4 Å². The van der Waals surface area contributed by atoms with Crippen molar-refractivity contribution in [3.63, 3.8) is 0 Å². The number of anilines is 2. The van der Waals surface area contributed by atoms with E-state index in [1.54, 1.807) is 0 Å². The number of carbonyl (C=O) groups is 2. The number of hydrogen-bond acceptors (Lipinski definition) is 12. The summed E-state index contributed by atoms with van der Waals surface area (Å²) in [4.78, 5) is 41.3. The highest BCUT2D eigenvalue weighted by atomic mass is 16.5. The number of aromatic nitrogens is 2. The fourth-order valence-corrected chi connectivity index (χ4v) is 8.05. The van der Waals surface area contributed by atoms with Gasteiger partial charge in [-0.1, -0.05) is 60.7 Å². The van der Waals surface area contributed by atoms with Crippen molar-refractivity contribution in [1.29, 1.82) is 0 Å². The lowest BCUT2D eigenvalue weighted by Crippen LogP contribution is -2.41. The molecular formula is C46H56N10O4. The van der Waals surface area contributed by atoms with Gasteiger partial charge in [0.25, 0.3) is 11.8 Å². The molecule has 2 aliphatic heterocycles. The third-order valence-corrected chi connectivity index (χ3v) is 11.2. The van der Waals surface area contributed by atoms with E-state index in [9.17, 15) is 9.59 Å². The van der Waals surface area contributed by atoms with E-state index in [0.717, 1.165) is 136 Å². The Kier molecular flexibility index (Phi) is 14.2. The number of nitrogens with zero attached hydrogens (tertiary/aromatic N) is 4. The van der Waals surface area contributed by atoms with Crippen molar-refractivity contribution in [2.45, 2.75) is 0 Å². The highest BCUT2D eigenvalue weighted by molar-refractivity contribution is 6.15. The van der Waals surface area contributed by atoms with E-state index in [4.69, 9.17) is 19.4 Å². The number of carbonyl (C=O) groups excluding carboxylic acids is 2. The molecule has 8 rings (SSSR count). The normalized spacial score (nSPS) is 15.1. The summed E-state index contributed by atoms with van der Waals surface area (Å²) in [6.07, 6.45) is 0. The van der Waals surface area contributed by atoms with Gasteiger partial charge in [0, 0.05) is 113 Å². The van der Waals surface area contributed by atoms with Gasteiger partial charge in [0.1, 0.15) is 0 Å². The van der Waals surface area contributed by atoms with Gasteiger partial charge < -0.3 is 41.4 Å². The van der Waals surface area contributed by atoms with Crippen LogP contribution < -0.4 is 31.9 Å². The van der Waals surface area contributed by atoms with E-state index in [2.05, 4.69) is 53.8 Å². The SMILES string of the molecule is O=C(NCCN1CCOCC1)c1cccc2c(NCCNCCNCCNc3c4ccccc4nc4c(C(=O)NCCN5CCOCC5)cccc34)c3ccccc3nc12. The van der Waals surface area contributed by atoms with Gasteiger partial charge in [-0.15, -0.1) is 0 Å². The zero-order valence-corrected chi connectivity index (χ0v) is 34.2. The number of hydrogen-bond donors (Lipinski definition) is 6. The number of morpholine rings is 2. The summed E-state index contributed by atoms with van der Waals surface area (Å²) in [6.45, 7) is 13.8. The van der Waals surface area contributed by atoms with Crippen molar-refractivity contribution in [2.75, 3.05) is 129 Å². The van der Waals surface area contributed by atoms with E-state index in [0.29, 0.717) is 48.3 Å². The molecule has 6 aromatic rings. The average molecular weight is 813 g/mol. The monoisotopic (exact) mass is 812 g/mol. The van der Waals surface area contributed by atoms with E-state index in [1.807, 2.05) is 72.8 Å². The van der Waals surface area contributed by atoms with Crippen molar-refractivity contribution in [1.82, 2.24) is 41.0 Å². The van der Waals surface area contributed by atoms with Gasteiger partial charge in [-0.3, -0.25) is 19.4 Å². The number of nitrogens with one attached hydrogen (secondary N) is 6. The van der Waals surface area contributed by atoms with Crippen LogP contribution in [0, 0.1) is 0 Å². The molecule has 4 aromatic carbocycles. The largest absolute Gasteiger partial charge is 0.383 e. The zero-order chi connectivity index (χ0) is 40.9. The Balaban J connectivity index is 0.818. The van der Waals surface area contributed by atoms with E-state index < -0.39 is 0 Å². The van der Waals surface area contributed by atoms with Gasteiger partial charge in [0.15, 0.2) is 0 Å². The predicted molar refractivity (Wildman–Crippen MR) is 240 cm³/mol. The first-order valence-corrected chi connectivity index (χ1v) is 21.3. The Morgan fingerprint density at radius 1 is 0.483 bits per heavy atom. The van der Waals surface area contributed by atoms with Crippen LogP contribution in [0.3, 0.4) is 0 Å². The summed E-state index contributed by atoms with van der Waals surface area (Å²) in [5.41, 5.74) is 6.21. The number of benzene rings is 4. The Labute approximate surface area is 350 Å². The summed E-state index contributed by atoms with van der Waals surface area (Å²) in [7, 11) is 0. The summed E-state index contributed by atoms with van der Waals surface area (Å²) in [5, 5.41) is 24.5. The fourth-order valence-electron chi connectivity index (χ4n) is 8.05. The maximum absolute atomic E-state index is 13.4. The lowest BCUT2D eigenvalue weighted by Gasteiger charge is -2.26. The van der Waals surface area contributed by atoms with Crippen LogP contribution in [0.25, 0.3) is 43.6 Å². The summed E-state index contributed by atoms with van der Waals surface area (Å²) in [5.74, 6) is -0.224. The van der Waals surface area contributed by atoms with Gasteiger partial charge in [0.05, 0.1) is 71.0 Å². The first kappa shape index (κ1) is 41.3. The third kappa shape index (κ3) is 10.1. The van der Waals surface area contributed by atoms with Crippen molar-refractivity contribution >= 4 is 66.8 Å². The molecule has 14 nitrogen and oxygen atoms in total. The van der Waals surface area contributed by atoms with Gasteiger partial charge in [-0.25, -0.2) is 9.97 Å². The molecular weight excluding hydrogens is 757 g/mol. The van der Waals surface area contributed by atoms with Gasteiger partial charge in [-0.05, 0) is 24.3 Å². The molecule has 2 fully saturated rings. The molecule has 0 atom stereocenters. The van der Waals surface area contributed by atoms with Crippen molar-refractivity contribution in [3.05, 3.63) is 96.1 Å². The molecule has 314 valence electrons. The molecule has 0 unspecified atom stereocenters. The second kappa shape index (κ2) is 20.7. The van der Waals surface area contributed by atoms with Gasteiger partial charge in [0.2, 0.25) is 0 Å². The highest BCUT2D eigenvalue weighted by Gasteiger charge is 2.19. The molecule has 2 saturated heterocycles.